The number of rotatable bonds is 5. The van der Waals surface area contributed by atoms with Gasteiger partial charge in [0.15, 0.2) is 6.04 Å². The number of halogens is 1. The number of hydrogen-bond donors (Lipinski definition) is 3. The standard InChI is InChI=1S/C17H17FN4O4/c1-19-15(23)14(16(24)21-26)22(2)17(25)11-7-5-10(6-8-11)13-12(18)4-3-9-20-13/h3-9,14,26H,1-2H3,(H,19,23)(H,21,24). The number of carbonyl (C=O) groups excluding carboxylic acids is 3. The lowest BCUT2D eigenvalue weighted by molar-refractivity contribution is -0.140. The topological polar surface area (TPSA) is 112 Å². The Morgan fingerprint density at radius 3 is 2.35 bits per heavy atom. The Balaban J connectivity index is 2.27. The van der Waals surface area contributed by atoms with E-state index in [0.29, 0.717) is 5.56 Å². The van der Waals surface area contributed by atoms with Crippen LogP contribution in [0.1, 0.15) is 10.4 Å². The Hall–Kier alpha value is -3.33. The molecule has 1 atom stereocenters. The first-order chi connectivity index (χ1) is 12.4. The van der Waals surface area contributed by atoms with E-state index >= 15 is 0 Å². The van der Waals surface area contributed by atoms with Crippen LogP contribution in [0.4, 0.5) is 4.39 Å². The monoisotopic (exact) mass is 360 g/mol. The predicted molar refractivity (Wildman–Crippen MR) is 89.5 cm³/mol. The number of aromatic nitrogens is 1. The van der Waals surface area contributed by atoms with Crippen LogP contribution >= 0.6 is 0 Å². The first-order valence-corrected chi connectivity index (χ1v) is 7.54. The highest BCUT2D eigenvalue weighted by Crippen LogP contribution is 2.21. The third-order valence-electron chi connectivity index (χ3n) is 3.72. The molecule has 3 N–H and O–H groups in total. The fourth-order valence-corrected chi connectivity index (χ4v) is 2.36. The summed E-state index contributed by atoms with van der Waals surface area (Å²) >= 11 is 0. The van der Waals surface area contributed by atoms with Gasteiger partial charge in [-0.2, -0.15) is 0 Å². The van der Waals surface area contributed by atoms with Crippen molar-refractivity contribution in [1.82, 2.24) is 20.7 Å². The largest absolute Gasteiger partial charge is 0.357 e. The van der Waals surface area contributed by atoms with E-state index < -0.39 is 29.6 Å². The van der Waals surface area contributed by atoms with Gasteiger partial charge in [-0.15, -0.1) is 0 Å². The molecule has 2 aromatic rings. The summed E-state index contributed by atoms with van der Waals surface area (Å²) in [4.78, 5) is 40.9. The van der Waals surface area contributed by atoms with Crippen LogP contribution in [0.5, 0.6) is 0 Å². The first-order valence-electron chi connectivity index (χ1n) is 7.54. The summed E-state index contributed by atoms with van der Waals surface area (Å²) in [5.41, 5.74) is 2.15. The van der Waals surface area contributed by atoms with Gasteiger partial charge in [0.25, 0.3) is 17.7 Å². The van der Waals surface area contributed by atoms with Gasteiger partial charge < -0.3 is 10.2 Å². The molecule has 0 aliphatic carbocycles. The molecular weight excluding hydrogens is 343 g/mol. The summed E-state index contributed by atoms with van der Waals surface area (Å²) in [6, 6.07) is 7.07. The Labute approximate surface area is 148 Å². The van der Waals surface area contributed by atoms with Crippen LogP contribution in [0.3, 0.4) is 0 Å². The number of likely N-dealkylation sites (N-methyl/N-ethyl adjacent to an activating group) is 2. The highest BCUT2D eigenvalue weighted by molar-refractivity contribution is 6.08. The van der Waals surface area contributed by atoms with Crippen LogP contribution in [-0.4, -0.2) is 52.9 Å². The summed E-state index contributed by atoms with van der Waals surface area (Å²) < 4.78 is 13.8. The molecule has 0 aliphatic heterocycles. The van der Waals surface area contributed by atoms with Gasteiger partial charge in [0.1, 0.15) is 11.5 Å². The molecule has 0 aliphatic rings. The van der Waals surface area contributed by atoms with E-state index in [1.54, 1.807) is 0 Å². The lowest BCUT2D eigenvalue weighted by atomic mass is 10.1. The zero-order valence-electron chi connectivity index (χ0n) is 14.1. The van der Waals surface area contributed by atoms with Gasteiger partial charge in [0.05, 0.1) is 0 Å². The number of nitrogens with one attached hydrogen (secondary N) is 2. The van der Waals surface area contributed by atoms with Crippen LogP contribution < -0.4 is 10.8 Å². The van der Waals surface area contributed by atoms with E-state index in [1.807, 2.05) is 0 Å². The van der Waals surface area contributed by atoms with Crippen LogP contribution in [0.25, 0.3) is 11.3 Å². The van der Waals surface area contributed by atoms with Crippen LogP contribution in [0, 0.1) is 5.82 Å². The summed E-state index contributed by atoms with van der Waals surface area (Å²) in [6.07, 6.45) is 1.45. The predicted octanol–water partition coefficient (Wildman–Crippen LogP) is 0.580. The molecule has 136 valence electrons. The van der Waals surface area contributed by atoms with Crippen molar-refractivity contribution in [2.24, 2.45) is 0 Å². The van der Waals surface area contributed by atoms with E-state index in [0.717, 1.165) is 4.90 Å². The molecule has 8 nitrogen and oxygen atoms in total. The van der Waals surface area contributed by atoms with Crippen LogP contribution in [0.15, 0.2) is 42.6 Å². The number of hydroxylamine groups is 1. The van der Waals surface area contributed by atoms with Gasteiger partial charge in [-0.05, 0) is 24.3 Å². The van der Waals surface area contributed by atoms with E-state index in [-0.39, 0.29) is 11.3 Å². The third kappa shape index (κ3) is 3.83. The fourth-order valence-electron chi connectivity index (χ4n) is 2.36. The highest BCUT2D eigenvalue weighted by atomic mass is 19.1. The molecule has 9 heteroatoms. The maximum atomic E-state index is 13.8. The minimum absolute atomic E-state index is 0.141. The average Bonchev–Trinajstić information content (AvgIpc) is 2.67. The quantitative estimate of drug-likeness (QED) is 0.410. The molecular formula is C17H17FN4O4. The molecule has 1 aromatic heterocycles. The van der Waals surface area contributed by atoms with Gasteiger partial charge >= 0.3 is 0 Å². The van der Waals surface area contributed by atoms with Crippen molar-refractivity contribution in [2.75, 3.05) is 14.1 Å². The number of hydrogen-bond acceptors (Lipinski definition) is 5. The molecule has 3 amide bonds. The molecule has 26 heavy (non-hydrogen) atoms. The third-order valence-corrected chi connectivity index (χ3v) is 3.72. The normalized spacial score (nSPS) is 11.4. The zero-order chi connectivity index (χ0) is 19.3. The van der Waals surface area contributed by atoms with E-state index in [9.17, 15) is 18.8 Å². The Morgan fingerprint density at radius 1 is 1.15 bits per heavy atom. The Morgan fingerprint density at radius 2 is 1.81 bits per heavy atom. The lowest BCUT2D eigenvalue weighted by Gasteiger charge is -2.25. The molecule has 1 aromatic carbocycles. The summed E-state index contributed by atoms with van der Waals surface area (Å²) in [5, 5.41) is 11.0. The Kier molecular flexibility index (Phi) is 5.97. The fraction of sp³-hybridized carbons (Fsp3) is 0.176. The van der Waals surface area contributed by atoms with Crippen molar-refractivity contribution in [1.29, 1.82) is 0 Å². The maximum absolute atomic E-state index is 13.8. The highest BCUT2D eigenvalue weighted by Gasteiger charge is 2.33. The minimum Gasteiger partial charge on any atom is -0.357 e. The molecule has 0 radical (unpaired) electrons. The number of amides is 3. The molecule has 0 bridgehead atoms. The molecule has 2 rings (SSSR count). The lowest BCUT2D eigenvalue weighted by Crippen LogP contribution is -2.54. The zero-order valence-corrected chi connectivity index (χ0v) is 14.1. The molecule has 0 saturated heterocycles. The van der Waals surface area contributed by atoms with Crippen LogP contribution in [0.2, 0.25) is 0 Å². The minimum atomic E-state index is -1.55. The van der Waals surface area contributed by atoms with Gasteiger partial charge in [0, 0.05) is 31.4 Å². The molecule has 1 unspecified atom stereocenters. The van der Waals surface area contributed by atoms with Crippen molar-refractivity contribution in [3.8, 4) is 11.3 Å². The Bertz CT molecular complexity index is 810. The molecule has 0 saturated carbocycles. The van der Waals surface area contributed by atoms with Crippen molar-refractivity contribution in [3.05, 3.63) is 54.0 Å². The van der Waals surface area contributed by atoms with Crippen molar-refractivity contribution in [2.45, 2.75) is 6.04 Å². The second-order valence-electron chi connectivity index (χ2n) is 5.32. The SMILES string of the molecule is CNC(=O)C(C(=O)NO)N(C)C(=O)c1ccc(-c2ncccc2F)cc1. The molecule has 0 spiro atoms. The number of nitrogens with zero attached hydrogens (tertiary/aromatic N) is 2. The molecule has 1 heterocycles. The van der Waals surface area contributed by atoms with E-state index in [4.69, 9.17) is 5.21 Å². The van der Waals surface area contributed by atoms with Crippen LogP contribution in [-0.2, 0) is 9.59 Å². The number of carbonyl (C=O) groups is 3. The second-order valence-corrected chi connectivity index (χ2v) is 5.32. The summed E-state index contributed by atoms with van der Waals surface area (Å²) in [7, 11) is 2.55. The molecule has 0 fully saturated rings. The van der Waals surface area contributed by atoms with Crippen molar-refractivity contribution >= 4 is 17.7 Å². The average molecular weight is 360 g/mol. The van der Waals surface area contributed by atoms with Gasteiger partial charge in [-0.3, -0.25) is 24.6 Å². The first kappa shape index (κ1) is 19.0. The summed E-state index contributed by atoms with van der Waals surface area (Å²) in [5.74, 6) is -2.94. The smallest absolute Gasteiger partial charge is 0.275 e. The van der Waals surface area contributed by atoms with Gasteiger partial charge in [-0.1, -0.05) is 12.1 Å². The van der Waals surface area contributed by atoms with E-state index in [1.165, 1.54) is 62.2 Å². The summed E-state index contributed by atoms with van der Waals surface area (Å²) in [6.45, 7) is 0. The van der Waals surface area contributed by atoms with E-state index in [2.05, 4.69) is 10.3 Å². The second kappa shape index (κ2) is 8.17. The van der Waals surface area contributed by atoms with Crippen molar-refractivity contribution in [3.63, 3.8) is 0 Å². The maximum Gasteiger partial charge on any atom is 0.275 e. The number of pyridine rings is 1. The van der Waals surface area contributed by atoms with Crippen molar-refractivity contribution < 1.29 is 24.0 Å². The van der Waals surface area contributed by atoms with Gasteiger partial charge in [-0.25, -0.2) is 9.87 Å². The van der Waals surface area contributed by atoms with Gasteiger partial charge in [0.2, 0.25) is 0 Å². The number of benzene rings is 1.